The van der Waals surface area contributed by atoms with E-state index in [1.165, 1.54) is 6.33 Å². The lowest BCUT2D eigenvalue weighted by Gasteiger charge is -2.13. The molecule has 7 nitrogen and oxygen atoms in total. The van der Waals surface area contributed by atoms with Crippen LogP contribution in [0.5, 0.6) is 0 Å². The van der Waals surface area contributed by atoms with Crippen LogP contribution in [0.3, 0.4) is 0 Å². The fraction of sp³-hybridized carbons (Fsp3) is 0.400. The van der Waals surface area contributed by atoms with Crippen molar-refractivity contribution in [3.8, 4) is 0 Å². The Kier molecular flexibility index (Phi) is 2.77. The molecular formula is C10H13N5O2S. The van der Waals surface area contributed by atoms with Crippen molar-refractivity contribution in [3.63, 3.8) is 0 Å². The first-order valence-corrected chi connectivity index (χ1v) is 6.50. The Bertz CT molecular complexity index is 587. The van der Waals surface area contributed by atoms with Crippen LogP contribution in [0.15, 0.2) is 12.5 Å². The van der Waals surface area contributed by atoms with Gasteiger partial charge >= 0.3 is 0 Å². The minimum atomic E-state index is -0.201. The average molecular weight is 267 g/mol. The third kappa shape index (κ3) is 1.69. The zero-order chi connectivity index (χ0) is 12.7. The molecule has 3 rings (SSSR count). The number of ether oxygens (including phenoxy) is 1. The van der Waals surface area contributed by atoms with Crippen molar-refractivity contribution in [3.05, 3.63) is 12.5 Å². The maximum absolute atomic E-state index is 9.07. The molecule has 0 aliphatic carbocycles. The molecule has 0 saturated carbocycles. The Hall–Kier alpha value is -1.51. The summed E-state index contributed by atoms with van der Waals surface area (Å²) in [6.45, 7) is -0.00697. The Morgan fingerprint density at radius 2 is 2.33 bits per heavy atom. The van der Waals surface area contributed by atoms with Gasteiger partial charge in [0.1, 0.15) is 29.5 Å². The molecule has 18 heavy (non-hydrogen) atoms. The summed E-state index contributed by atoms with van der Waals surface area (Å²) >= 11 is 1.56. The molecule has 0 amide bonds. The number of aromatic nitrogens is 3. The highest BCUT2D eigenvalue weighted by molar-refractivity contribution is 8.00. The second-order valence-corrected chi connectivity index (χ2v) is 5.18. The third-order valence-corrected chi connectivity index (χ3v) is 3.97. The number of nitrogens with zero attached hydrogens (tertiary/aromatic N) is 3. The number of anilines is 2. The standard InChI is InChI=1S/C10H13N5O2S/c11-5-1-15(6-3-18-7(2-16)17-6)10-8(5)9(12)13-4-14-10/h1,4,6-7,16H,2-3,11H2,(H2,12,13,14)/t6-,7+/m1/s1. The average Bonchev–Trinajstić information content (AvgIpc) is 2.94. The van der Waals surface area contributed by atoms with Crippen LogP contribution < -0.4 is 11.5 Å². The second-order valence-electron chi connectivity index (χ2n) is 3.99. The number of rotatable bonds is 2. The molecule has 96 valence electrons. The molecule has 1 saturated heterocycles. The van der Waals surface area contributed by atoms with E-state index in [1.807, 2.05) is 4.57 Å². The number of thioether (sulfide) groups is 1. The van der Waals surface area contributed by atoms with Gasteiger partial charge in [-0.3, -0.25) is 0 Å². The Morgan fingerprint density at radius 3 is 3.06 bits per heavy atom. The Morgan fingerprint density at radius 1 is 1.50 bits per heavy atom. The van der Waals surface area contributed by atoms with E-state index in [4.69, 9.17) is 21.3 Å². The van der Waals surface area contributed by atoms with Gasteiger partial charge in [-0.05, 0) is 0 Å². The molecular weight excluding hydrogens is 254 g/mol. The number of aliphatic hydroxyl groups excluding tert-OH is 1. The van der Waals surface area contributed by atoms with Gasteiger partial charge in [-0.15, -0.1) is 11.8 Å². The normalized spacial score (nSPS) is 23.8. The lowest BCUT2D eigenvalue weighted by atomic mass is 10.3. The summed E-state index contributed by atoms with van der Waals surface area (Å²) in [4.78, 5) is 8.12. The van der Waals surface area contributed by atoms with Crippen molar-refractivity contribution in [1.82, 2.24) is 14.5 Å². The van der Waals surface area contributed by atoms with Crippen LogP contribution in [0.25, 0.3) is 11.0 Å². The van der Waals surface area contributed by atoms with Gasteiger partial charge in [-0.1, -0.05) is 0 Å². The third-order valence-electron chi connectivity index (χ3n) is 2.86. The Balaban J connectivity index is 2.06. The molecule has 1 aliphatic heterocycles. The van der Waals surface area contributed by atoms with E-state index in [0.717, 1.165) is 5.75 Å². The minimum absolute atomic E-state index is 0.00697. The largest absolute Gasteiger partial charge is 0.397 e. The monoisotopic (exact) mass is 267 g/mol. The smallest absolute Gasteiger partial charge is 0.149 e. The van der Waals surface area contributed by atoms with Crippen LogP contribution in [0.2, 0.25) is 0 Å². The van der Waals surface area contributed by atoms with Crippen molar-refractivity contribution < 1.29 is 9.84 Å². The Labute approximate surface area is 107 Å². The summed E-state index contributed by atoms with van der Waals surface area (Å²) in [7, 11) is 0. The maximum Gasteiger partial charge on any atom is 0.149 e. The molecule has 0 aromatic carbocycles. The summed E-state index contributed by atoms with van der Waals surface area (Å²) < 4.78 is 7.52. The molecule has 0 unspecified atom stereocenters. The summed E-state index contributed by atoms with van der Waals surface area (Å²) in [6, 6.07) is 0. The molecule has 0 spiro atoms. The van der Waals surface area contributed by atoms with Gasteiger partial charge in [-0.25, -0.2) is 9.97 Å². The van der Waals surface area contributed by atoms with Crippen LogP contribution >= 0.6 is 11.8 Å². The molecule has 1 fully saturated rings. The predicted octanol–water partition coefficient (Wildman–Crippen LogP) is 0.176. The van der Waals surface area contributed by atoms with Crippen molar-refractivity contribution in [2.45, 2.75) is 11.7 Å². The fourth-order valence-electron chi connectivity index (χ4n) is 2.04. The van der Waals surface area contributed by atoms with Gasteiger partial charge in [-0.2, -0.15) is 0 Å². The SMILES string of the molecule is Nc1cn([C@H]2CS[C@@H](CO)O2)c2ncnc(N)c12. The van der Waals surface area contributed by atoms with E-state index < -0.39 is 0 Å². The summed E-state index contributed by atoms with van der Waals surface area (Å²) in [5, 5.41) is 9.72. The molecule has 1 aliphatic rings. The van der Waals surface area contributed by atoms with E-state index >= 15 is 0 Å². The summed E-state index contributed by atoms with van der Waals surface area (Å²) in [5.74, 6) is 1.10. The molecule has 2 aromatic rings. The molecule has 0 bridgehead atoms. The van der Waals surface area contributed by atoms with E-state index in [-0.39, 0.29) is 18.3 Å². The van der Waals surface area contributed by atoms with E-state index in [1.54, 1.807) is 18.0 Å². The van der Waals surface area contributed by atoms with Crippen molar-refractivity contribution in [2.75, 3.05) is 23.8 Å². The molecule has 2 atom stereocenters. The van der Waals surface area contributed by atoms with Gasteiger partial charge in [0, 0.05) is 11.9 Å². The molecule has 8 heteroatoms. The summed E-state index contributed by atoms with van der Waals surface area (Å²) in [5.41, 5.74) is 12.7. The highest BCUT2D eigenvalue weighted by Crippen LogP contribution is 2.36. The van der Waals surface area contributed by atoms with Crippen LogP contribution in [-0.4, -0.2) is 37.4 Å². The first-order valence-electron chi connectivity index (χ1n) is 5.45. The van der Waals surface area contributed by atoms with Crippen LogP contribution in [0.4, 0.5) is 11.5 Å². The lowest BCUT2D eigenvalue weighted by Crippen LogP contribution is -2.14. The van der Waals surface area contributed by atoms with Gasteiger partial charge < -0.3 is 25.9 Å². The van der Waals surface area contributed by atoms with Crippen LogP contribution in [0.1, 0.15) is 6.23 Å². The number of nitrogens with two attached hydrogens (primary N) is 2. The molecule has 0 radical (unpaired) electrons. The summed E-state index contributed by atoms with van der Waals surface area (Å²) in [6.07, 6.45) is 2.96. The lowest BCUT2D eigenvalue weighted by molar-refractivity contribution is -0.00156. The number of nitrogen functional groups attached to an aromatic ring is 2. The van der Waals surface area contributed by atoms with Gasteiger partial charge in [0.15, 0.2) is 0 Å². The first kappa shape index (κ1) is 11.6. The topological polar surface area (TPSA) is 112 Å². The van der Waals surface area contributed by atoms with Gasteiger partial charge in [0.05, 0.1) is 17.7 Å². The van der Waals surface area contributed by atoms with Crippen molar-refractivity contribution >= 4 is 34.3 Å². The number of hydrogen-bond donors (Lipinski definition) is 3. The van der Waals surface area contributed by atoms with Gasteiger partial charge in [0.2, 0.25) is 0 Å². The molecule has 5 N–H and O–H groups in total. The van der Waals surface area contributed by atoms with E-state index in [0.29, 0.717) is 22.5 Å². The zero-order valence-corrected chi connectivity index (χ0v) is 10.3. The van der Waals surface area contributed by atoms with Crippen molar-refractivity contribution in [2.24, 2.45) is 0 Å². The highest BCUT2D eigenvalue weighted by atomic mass is 32.2. The minimum Gasteiger partial charge on any atom is -0.397 e. The fourth-order valence-corrected chi connectivity index (χ4v) is 2.97. The second kappa shape index (κ2) is 4.30. The van der Waals surface area contributed by atoms with E-state index in [2.05, 4.69) is 9.97 Å². The van der Waals surface area contributed by atoms with E-state index in [9.17, 15) is 0 Å². The van der Waals surface area contributed by atoms with Crippen LogP contribution in [0, 0.1) is 0 Å². The van der Waals surface area contributed by atoms with Crippen molar-refractivity contribution in [1.29, 1.82) is 0 Å². The first-order chi connectivity index (χ1) is 8.70. The van der Waals surface area contributed by atoms with Gasteiger partial charge in [0.25, 0.3) is 0 Å². The predicted molar refractivity (Wildman–Crippen MR) is 69.8 cm³/mol. The molecule has 2 aromatic heterocycles. The quantitative estimate of drug-likeness (QED) is 0.711. The van der Waals surface area contributed by atoms with Crippen LogP contribution in [-0.2, 0) is 4.74 Å². The number of fused-ring (bicyclic) bond motifs is 1. The molecule has 3 heterocycles. The number of hydrogen-bond acceptors (Lipinski definition) is 7. The maximum atomic E-state index is 9.07. The zero-order valence-electron chi connectivity index (χ0n) is 9.48. The highest BCUT2D eigenvalue weighted by Gasteiger charge is 2.28. The number of aliphatic hydroxyl groups is 1.